The number of ether oxygens (including phenoxy) is 2. The smallest absolute Gasteiger partial charge is 0.342 e. The molecule has 1 aliphatic rings. The fourth-order valence-electron chi connectivity index (χ4n) is 1.99. The van der Waals surface area contributed by atoms with Crippen LogP contribution in [0.5, 0.6) is 11.5 Å². The van der Waals surface area contributed by atoms with Gasteiger partial charge in [-0.3, -0.25) is 9.69 Å². The van der Waals surface area contributed by atoms with Gasteiger partial charge in [0.05, 0.1) is 7.11 Å². The molecule has 1 atom stereocenters. The Morgan fingerprint density at radius 2 is 2.14 bits per heavy atom. The van der Waals surface area contributed by atoms with Gasteiger partial charge >= 0.3 is 12.0 Å². The number of methoxy groups -OCH3 is 1. The number of carbonyl (C=O) groups is 3. The summed E-state index contributed by atoms with van der Waals surface area (Å²) in [6.07, 6.45) is -1.14. The van der Waals surface area contributed by atoms with Gasteiger partial charge in [0.2, 0.25) is 0 Å². The Labute approximate surface area is 126 Å². The number of esters is 1. The van der Waals surface area contributed by atoms with Crippen LogP contribution in [0.25, 0.3) is 0 Å². The van der Waals surface area contributed by atoms with Crippen LogP contribution in [0.1, 0.15) is 17.3 Å². The van der Waals surface area contributed by atoms with E-state index >= 15 is 0 Å². The second-order valence-corrected chi connectivity index (χ2v) is 4.65. The number of phenolic OH excluding ortho intramolecular Hbond substituents is 1. The minimum Gasteiger partial charge on any atom is -0.507 e. The normalized spacial score (nSPS) is 15.2. The molecule has 8 heteroatoms. The first-order valence-electron chi connectivity index (χ1n) is 6.61. The molecule has 3 amide bonds. The molecule has 1 aromatic carbocycles. The zero-order chi connectivity index (χ0) is 16.3. The Balaban J connectivity index is 2.05. The quantitative estimate of drug-likeness (QED) is 0.785. The van der Waals surface area contributed by atoms with Crippen molar-refractivity contribution in [3.63, 3.8) is 0 Å². The number of carbonyl (C=O) groups excluding carboxylic acids is 3. The number of phenols is 1. The van der Waals surface area contributed by atoms with Crippen LogP contribution in [0.4, 0.5) is 4.79 Å². The molecule has 1 fully saturated rings. The van der Waals surface area contributed by atoms with E-state index in [1.165, 1.54) is 32.2 Å². The molecule has 1 unspecified atom stereocenters. The fraction of sp³-hybridized carbons (Fsp3) is 0.357. The van der Waals surface area contributed by atoms with Crippen molar-refractivity contribution in [3.8, 4) is 11.5 Å². The Kier molecular flexibility index (Phi) is 4.50. The van der Waals surface area contributed by atoms with Gasteiger partial charge in [-0.1, -0.05) is 0 Å². The van der Waals surface area contributed by atoms with E-state index < -0.39 is 24.0 Å². The van der Waals surface area contributed by atoms with Crippen LogP contribution in [0.15, 0.2) is 18.2 Å². The van der Waals surface area contributed by atoms with Crippen LogP contribution in [-0.4, -0.2) is 54.2 Å². The number of amides is 3. The zero-order valence-electron chi connectivity index (χ0n) is 12.2. The first kappa shape index (κ1) is 15.6. The minimum atomic E-state index is -1.14. The summed E-state index contributed by atoms with van der Waals surface area (Å²) in [6.45, 7) is 1.96. The molecule has 0 spiro atoms. The van der Waals surface area contributed by atoms with Crippen LogP contribution in [-0.2, 0) is 9.53 Å². The first-order chi connectivity index (χ1) is 10.4. The third-order valence-corrected chi connectivity index (χ3v) is 3.18. The second-order valence-electron chi connectivity index (χ2n) is 4.65. The molecule has 1 saturated heterocycles. The summed E-state index contributed by atoms with van der Waals surface area (Å²) >= 11 is 0. The van der Waals surface area contributed by atoms with E-state index in [1.54, 1.807) is 0 Å². The average molecular weight is 308 g/mol. The van der Waals surface area contributed by atoms with E-state index in [-0.39, 0.29) is 17.9 Å². The predicted octanol–water partition coefficient (Wildman–Crippen LogP) is 0.498. The lowest BCUT2D eigenvalue weighted by Crippen LogP contribution is -2.41. The summed E-state index contributed by atoms with van der Waals surface area (Å²) in [5, 5.41) is 12.2. The van der Waals surface area contributed by atoms with Crippen molar-refractivity contribution < 1.29 is 29.0 Å². The topological polar surface area (TPSA) is 105 Å². The minimum absolute atomic E-state index is 0.0914. The van der Waals surface area contributed by atoms with Gasteiger partial charge in [0.1, 0.15) is 17.1 Å². The number of hydrogen-bond donors (Lipinski definition) is 2. The fourth-order valence-corrected chi connectivity index (χ4v) is 1.99. The van der Waals surface area contributed by atoms with Crippen LogP contribution in [0.3, 0.4) is 0 Å². The second kappa shape index (κ2) is 6.33. The summed E-state index contributed by atoms with van der Waals surface area (Å²) in [4.78, 5) is 36.4. The lowest BCUT2D eigenvalue weighted by Gasteiger charge is -2.18. The SMILES string of the molecule is COc1ccc(C(=O)OC(C)C(=O)N2CCNC2=O)c(O)c1. The number of rotatable bonds is 4. The Bertz CT molecular complexity index is 615. The average Bonchev–Trinajstić information content (AvgIpc) is 2.92. The molecule has 0 aromatic heterocycles. The van der Waals surface area contributed by atoms with Crippen molar-refractivity contribution in [2.75, 3.05) is 20.2 Å². The number of nitrogens with one attached hydrogen (secondary N) is 1. The van der Waals surface area contributed by atoms with Crippen molar-refractivity contribution >= 4 is 17.9 Å². The van der Waals surface area contributed by atoms with Gasteiger partial charge in [0, 0.05) is 19.2 Å². The van der Waals surface area contributed by atoms with Crippen LogP contribution < -0.4 is 10.1 Å². The molecule has 2 N–H and O–H groups in total. The summed E-state index contributed by atoms with van der Waals surface area (Å²) < 4.78 is 9.91. The summed E-state index contributed by atoms with van der Waals surface area (Å²) in [5.41, 5.74) is -0.0914. The van der Waals surface area contributed by atoms with E-state index in [2.05, 4.69) is 5.32 Å². The van der Waals surface area contributed by atoms with E-state index in [1.807, 2.05) is 0 Å². The van der Waals surface area contributed by atoms with Gasteiger partial charge in [-0.2, -0.15) is 0 Å². The molecule has 0 aliphatic carbocycles. The summed E-state index contributed by atoms with van der Waals surface area (Å²) in [6, 6.07) is 3.56. The molecule has 8 nitrogen and oxygen atoms in total. The van der Waals surface area contributed by atoms with E-state index in [0.29, 0.717) is 12.3 Å². The number of hydrogen-bond acceptors (Lipinski definition) is 6. The summed E-state index contributed by atoms with van der Waals surface area (Å²) in [5.74, 6) is -1.41. The van der Waals surface area contributed by atoms with Gasteiger partial charge in [0.25, 0.3) is 5.91 Å². The van der Waals surface area contributed by atoms with Gasteiger partial charge < -0.3 is 19.9 Å². The zero-order valence-corrected chi connectivity index (χ0v) is 12.2. The molecule has 2 rings (SSSR count). The van der Waals surface area contributed by atoms with Crippen LogP contribution in [0.2, 0.25) is 0 Å². The molecule has 22 heavy (non-hydrogen) atoms. The van der Waals surface area contributed by atoms with Crippen molar-refractivity contribution in [1.29, 1.82) is 0 Å². The van der Waals surface area contributed by atoms with Gasteiger partial charge in [0.15, 0.2) is 6.10 Å². The van der Waals surface area contributed by atoms with E-state index in [9.17, 15) is 19.5 Å². The third-order valence-electron chi connectivity index (χ3n) is 3.18. The highest BCUT2D eigenvalue weighted by Crippen LogP contribution is 2.24. The number of urea groups is 1. The lowest BCUT2D eigenvalue weighted by molar-refractivity contribution is -0.136. The number of nitrogens with zero attached hydrogens (tertiary/aromatic N) is 1. The first-order valence-corrected chi connectivity index (χ1v) is 6.61. The van der Waals surface area contributed by atoms with Crippen LogP contribution in [0, 0.1) is 0 Å². The lowest BCUT2D eigenvalue weighted by atomic mass is 10.2. The molecular weight excluding hydrogens is 292 g/mol. The molecule has 0 saturated carbocycles. The van der Waals surface area contributed by atoms with Crippen molar-refractivity contribution in [2.24, 2.45) is 0 Å². The summed E-state index contributed by atoms with van der Waals surface area (Å²) in [7, 11) is 1.43. The van der Waals surface area contributed by atoms with Gasteiger partial charge in [-0.15, -0.1) is 0 Å². The highest BCUT2D eigenvalue weighted by molar-refractivity contribution is 6.00. The maximum Gasteiger partial charge on any atom is 0.342 e. The monoisotopic (exact) mass is 308 g/mol. The van der Waals surface area contributed by atoms with Gasteiger partial charge in [-0.05, 0) is 19.1 Å². The largest absolute Gasteiger partial charge is 0.507 e. The number of aromatic hydroxyl groups is 1. The molecule has 0 radical (unpaired) electrons. The van der Waals surface area contributed by atoms with Crippen LogP contribution >= 0.6 is 0 Å². The number of imide groups is 1. The predicted molar refractivity (Wildman–Crippen MR) is 74.6 cm³/mol. The highest BCUT2D eigenvalue weighted by Gasteiger charge is 2.32. The Morgan fingerprint density at radius 1 is 1.41 bits per heavy atom. The third kappa shape index (κ3) is 3.11. The molecule has 0 bridgehead atoms. The number of benzene rings is 1. The Morgan fingerprint density at radius 3 is 2.68 bits per heavy atom. The van der Waals surface area contributed by atoms with E-state index in [0.717, 1.165) is 4.90 Å². The molecular formula is C14H16N2O6. The maximum absolute atomic E-state index is 12.0. The highest BCUT2D eigenvalue weighted by atomic mass is 16.5. The maximum atomic E-state index is 12.0. The molecule has 1 aromatic rings. The van der Waals surface area contributed by atoms with Crippen molar-refractivity contribution in [3.05, 3.63) is 23.8 Å². The van der Waals surface area contributed by atoms with Crippen molar-refractivity contribution in [2.45, 2.75) is 13.0 Å². The van der Waals surface area contributed by atoms with E-state index in [4.69, 9.17) is 9.47 Å². The standard InChI is InChI=1S/C14H16N2O6/c1-8(12(18)16-6-5-15-14(16)20)22-13(19)10-4-3-9(21-2)7-11(10)17/h3-4,7-8,17H,5-6H2,1-2H3,(H,15,20). The van der Waals surface area contributed by atoms with Gasteiger partial charge in [-0.25, -0.2) is 9.59 Å². The molecule has 118 valence electrons. The molecule has 1 heterocycles. The van der Waals surface area contributed by atoms with Crippen molar-refractivity contribution in [1.82, 2.24) is 10.2 Å². The molecule has 1 aliphatic heterocycles. The Hall–Kier alpha value is -2.77.